The van der Waals surface area contributed by atoms with E-state index < -0.39 is 0 Å². The minimum atomic E-state index is 0.497. The first-order chi connectivity index (χ1) is 6.18. The van der Waals surface area contributed by atoms with Crippen LogP contribution >= 0.6 is 0 Å². The first-order valence-corrected chi connectivity index (χ1v) is 4.92. The maximum absolute atomic E-state index is 12.8. The van der Waals surface area contributed by atoms with Crippen LogP contribution in [0.15, 0.2) is 0 Å². The molecule has 0 spiro atoms. The molecule has 0 saturated heterocycles. The van der Waals surface area contributed by atoms with E-state index in [-0.39, 0.29) is 0 Å². The van der Waals surface area contributed by atoms with E-state index in [0.29, 0.717) is 16.5 Å². The molecule has 2 rings (SSSR count). The highest BCUT2D eigenvalue weighted by Gasteiger charge is 2.24. The van der Waals surface area contributed by atoms with Crippen LogP contribution in [-0.2, 0) is 12.8 Å². The van der Waals surface area contributed by atoms with Gasteiger partial charge in [-0.15, -0.1) is 5.10 Å². The van der Waals surface area contributed by atoms with Crippen molar-refractivity contribution in [3.63, 3.8) is 0 Å². The summed E-state index contributed by atoms with van der Waals surface area (Å²) >= 11 is 0. The van der Waals surface area contributed by atoms with Crippen molar-refractivity contribution in [2.24, 2.45) is 5.92 Å². The van der Waals surface area contributed by atoms with Gasteiger partial charge in [0, 0.05) is 0 Å². The topological polar surface area (TPSA) is 17.8 Å². The van der Waals surface area contributed by atoms with Gasteiger partial charge in [-0.3, -0.25) is 0 Å². The molecule has 1 aliphatic rings. The molecule has 0 N–H and O–H groups in total. The molecule has 0 aromatic carbocycles. The third-order valence-electron chi connectivity index (χ3n) is 2.36. The lowest BCUT2D eigenvalue weighted by molar-refractivity contribution is 0.302. The summed E-state index contributed by atoms with van der Waals surface area (Å²) in [6.45, 7) is 7.95. The van der Waals surface area contributed by atoms with Crippen LogP contribution in [-0.4, -0.2) is 10.0 Å². The van der Waals surface area contributed by atoms with Gasteiger partial charge in [0.2, 0.25) is 0 Å². The lowest BCUT2D eigenvalue weighted by atomic mass is 10.1. The molecule has 0 radical (unpaired) electrons. The molecule has 1 aromatic heterocycles. The average molecular weight is 184 g/mol. The number of aromatic nitrogens is 2. The number of nitrogens with zero attached hydrogens (tertiary/aromatic N) is 2. The van der Waals surface area contributed by atoms with E-state index in [1.54, 1.807) is 6.92 Å². The van der Waals surface area contributed by atoms with Gasteiger partial charge >= 0.3 is 0 Å². The van der Waals surface area contributed by atoms with Crippen molar-refractivity contribution in [2.45, 2.75) is 40.5 Å². The van der Waals surface area contributed by atoms with Crippen LogP contribution in [0.5, 0.6) is 0 Å². The zero-order valence-electron chi connectivity index (χ0n) is 8.76. The maximum Gasteiger partial charge on any atom is 0.0747 e. The maximum atomic E-state index is 12.8. The minimum Gasteiger partial charge on any atom is -0.147 e. The molecule has 1 atom stereocenters. The van der Waals surface area contributed by atoms with Crippen molar-refractivity contribution >= 4 is 0 Å². The second kappa shape index (κ2) is 3.90. The second-order valence-corrected chi connectivity index (χ2v) is 3.38. The van der Waals surface area contributed by atoms with Gasteiger partial charge in [-0.1, -0.05) is 30.2 Å². The lowest BCUT2D eigenvalue weighted by Gasteiger charge is -1.98. The van der Waals surface area contributed by atoms with E-state index in [4.69, 9.17) is 0 Å². The Morgan fingerprint density at radius 2 is 2.00 bits per heavy atom. The molecule has 0 aliphatic heterocycles. The molecule has 13 heavy (non-hydrogen) atoms. The van der Waals surface area contributed by atoms with Crippen LogP contribution in [0.25, 0.3) is 0 Å². The highest BCUT2D eigenvalue weighted by molar-refractivity contribution is 5.29. The fourth-order valence-electron chi connectivity index (χ4n) is 1.74. The Balaban J connectivity index is 0.000000396. The third-order valence-corrected chi connectivity index (χ3v) is 2.36. The van der Waals surface area contributed by atoms with E-state index >= 15 is 0 Å². The smallest absolute Gasteiger partial charge is 0.0747 e. The monoisotopic (exact) mass is 184 g/mol. The molecule has 1 aliphatic carbocycles. The fraction of sp³-hybridized carbons (Fsp3) is 0.700. The Morgan fingerprint density at radius 1 is 1.38 bits per heavy atom. The van der Waals surface area contributed by atoms with Gasteiger partial charge in [-0.05, 0) is 31.2 Å². The zero-order chi connectivity index (χ0) is 10.0. The summed E-state index contributed by atoms with van der Waals surface area (Å²) in [5.41, 5.74) is 2.77. The van der Waals surface area contributed by atoms with Crippen LogP contribution in [0.3, 0.4) is 0 Å². The van der Waals surface area contributed by atoms with Crippen molar-refractivity contribution in [1.82, 2.24) is 10.0 Å². The quantitative estimate of drug-likeness (QED) is 0.606. The Kier molecular flexibility index (Phi) is 3.07. The Bertz CT molecular complexity index is 291. The SMILES string of the molecule is CC.Cc1c2c(nn1F)CC(C)C2. The summed E-state index contributed by atoms with van der Waals surface area (Å²) in [6.07, 6.45) is 1.93. The molecule has 0 saturated carbocycles. The van der Waals surface area contributed by atoms with Crippen LogP contribution < -0.4 is 0 Å². The standard InChI is InChI=1S/C8H11FN2.C2H6/c1-5-3-7-6(2)11(9)10-8(7)4-5;1-2/h5H,3-4H2,1-2H3;1-2H3. The van der Waals surface area contributed by atoms with E-state index in [2.05, 4.69) is 12.0 Å². The van der Waals surface area contributed by atoms with Gasteiger partial charge in [-0.2, -0.15) is 0 Å². The molecule has 1 heterocycles. The Morgan fingerprint density at radius 3 is 2.54 bits per heavy atom. The zero-order valence-corrected chi connectivity index (χ0v) is 8.76. The van der Waals surface area contributed by atoms with Crippen molar-refractivity contribution < 1.29 is 4.48 Å². The molecule has 3 heteroatoms. The van der Waals surface area contributed by atoms with Gasteiger partial charge in [-0.25, -0.2) is 0 Å². The number of halogens is 1. The fourth-order valence-corrected chi connectivity index (χ4v) is 1.74. The predicted molar refractivity (Wildman–Crippen MR) is 51.4 cm³/mol. The first kappa shape index (κ1) is 10.2. The molecule has 1 aromatic rings. The van der Waals surface area contributed by atoms with Crippen LogP contribution in [0.2, 0.25) is 0 Å². The number of hydrogen-bond acceptors (Lipinski definition) is 1. The van der Waals surface area contributed by atoms with Crippen LogP contribution in [0.1, 0.15) is 37.7 Å². The van der Waals surface area contributed by atoms with Gasteiger partial charge in [0.15, 0.2) is 0 Å². The molecule has 1 unspecified atom stereocenters. The summed E-state index contributed by atoms with van der Waals surface area (Å²) in [5.74, 6) is 0.646. The number of fused-ring (bicyclic) bond motifs is 1. The highest BCUT2D eigenvalue weighted by atomic mass is 19.2. The third kappa shape index (κ3) is 1.74. The normalized spacial score (nSPS) is 19.3. The van der Waals surface area contributed by atoms with E-state index in [1.807, 2.05) is 13.8 Å². The predicted octanol–water partition coefficient (Wildman–Crippen LogP) is 2.69. The molecule has 0 bridgehead atoms. The van der Waals surface area contributed by atoms with Gasteiger partial charge < -0.3 is 0 Å². The lowest BCUT2D eigenvalue weighted by Crippen LogP contribution is -1.97. The number of rotatable bonds is 0. The second-order valence-electron chi connectivity index (χ2n) is 3.38. The van der Waals surface area contributed by atoms with E-state index in [9.17, 15) is 4.48 Å². The van der Waals surface area contributed by atoms with Gasteiger partial charge in [0.05, 0.1) is 11.4 Å². The molecular formula is C10H17FN2. The summed E-state index contributed by atoms with van der Waals surface area (Å²) in [5, 5.41) is 3.79. The molecule has 2 nitrogen and oxygen atoms in total. The summed E-state index contributed by atoms with van der Waals surface area (Å²) in [6, 6.07) is 0. The largest absolute Gasteiger partial charge is 0.147 e. The van der Waals surface area contributed by atoms with Crippen molar-refractivity contribution in [3.8, 4) is 0 Å². The summed E-state index contributed by atoms with van der Waals surface area (Å²) in [7, 11) is 0. The van der Waals surface area contributed by atoms with E-state index in [0.717, 1.165) is 24.1 Å². The van der Waals surface area contributed by atoms with Gasteiger partial charge in [0.1, 0.15) is 0 Å². The Hall–Kier alpha value is -0.860. The first-order valence-electron chi connectivity index (χ1n) is 4.92. The Labute approximate surface area is 78.7 Å². The van der Waals surface area contributed by atoms with E-state index in [1.165, 1.54) is 0 Å². The number of hydrogen-bond donors (Lipinski definition) is 0. The molecule has 74 valence electrons. The molecule has 0 amide bonds. The molecule has 0 fully saturated rings. The highest BCUT2D eigenvalue weighted by Crippen LogP contribution is 2.27. The van der Waals surface area contributed by atoms with Gasteiger partial charge in [0.25, 0.3) is 0 Å². The van der Waals surface area contributed by atoms with Crippen LogP contribution in [0.4, 0.5) is 4.48 Å². The summed E-state index contributed by atoms with van der Waals surface area (Å²) < 4.78 is 12.8. The minimum absolute atomic E-state index is 0.497. The van der Waals surface area contributed by atoms with Crippen molar-refractivity contribution in [1.29, 1.82) is 0 Å². The van der Waals surface area contributed by atoms with Crippen LogP contribution in [0, 0.1) is 12.8 Å². The van der Waals surface area contributed by atoms with Crippen molar-refractivity contribution in [2.75, 3.05) is 0 Å². The molecular weight excluding hydrogens is 167 g/mol. The average Bonchev–Trinajstić information content (AvgIpc) is 2.58. The summed E-state index contributed by atoms with van der Waals surface area (Å²) in [4.78, 5) is 0.497. The van der Waals surface area contributed by atoms with Crippen molar-refractivity contribution in [3.05, 3.63) is 17.0 Å².